The van der Waals surface area contributed by atoms with Crippen molar-refractivity contribution >= 4 is 15.7 Å². The lowest BCUT2D eigenvalue weighted by Gasteiger charge is -2.26. The molecule has 0 spiro atoms. The fraction of sp³-hybridized carbons (Fsp3) is 0.933. The summed E-state index contributed by atoms with van der Waals surface area (Å²) >= 11 is 0. The SMILES string of the molecule is CCCC1NC(CC(C)C)C(=O)N1CC1CCS(=O)(=O)C1. The Morgan fingerprint density at radius 3 is 2.62 bits per heavy atom. The molecular weight excluding hydrogens is 288 g/mol. The van der Waals surface area contributed by atoms with E-state index in [9.17, 15) is 13.2 Å². The summed E-state index contributed by atoms with van der Waals surface area (Å²) in [6, 6.07) is -0.0976. The molecule has 3 unspecified atom stereocenters. The Hall–Kier alpha value is -0.620. The maximum absolute atomic E-state index is 12.6. The lowest BCUT2D eigenvalue weighted by atomic mass is 10.0. The van der Waals surface area contributed by atoms with Gasteiger partial charge in [0, 0.05) is 6.54 Å². The highest BCUT2D eigenvalue weighted by Gasteiger charge is 2.40. The van der Waals surface area contributed by atoms with Crippen molar-refractivity contribution in [3.63, 3.8) is 0 Å². The van der Waals surface area contributed by atoms with Crippen molar-refractivity contribution in [2.24, 2.45) is 11.8 Å². The molecule has 2 aliphatic rings. The maximum Gasteiger partial charge on any atom is 0.241 e. The molecule has 0 saturated carbocycles. The van der Waals surface area contributed by atoms with Crippen molar-refractivity contribution in [1.82, 2.24) is 10.2 Å². The van der Waals surface area contributed by atoms with Crippen molar-refractivity contribution in [1.29, 1.82) is 0 Å². The number of carbonyl (C=O) groups excluding carboxylic acids is 1. The van der Waals surface area contributed by atoms with Crippen LogP contribution in [0.1, 0.15) is 46.5 Å². The summed E-state index contributed by atoms with van der Waals surface area (Å²) in [5, 5.41) is 3.44. The number of hydrogen-bond acceptors (Lipinski definition) is 4. The van der Waals surface area contributed by atoms with Crippen LogP contribution in [-0.4, -0.2) is 49.5 Å². The van der Waals surface area contributed by atoms with Crippen LogP contribution in [0.25, 0.3) is 0 Å². The normalized spacial score (nSPS) is 32.3. The van der Waals surface area contributed by atoms with E-state index in [4.69, 9.17) is 0 Å². The summed E-state index contributed by atoms with van der Waals surface area (Å²) in [5.41, 5.74) is 0. The molecule has 5 nitrogen and oxygen atoms in total. The molecule has 0 aliphatic carbocycles. The predicted octanol–water partition coefficient (Wildman–Crippen LogP) is 1.39. The van der Waals surface area contributed by atoms with Crippen molar-refractivity contribution < 1.29 is 13.2 Å². The summed E-state index contributed by atoms with van der Waals surface area (Å²) in [6.07, 6.45) is 3.56. The van der Waals surface area contributed by atoms with Gasteiger partial charge >= 0.3 is 0 Å². The molecule has 21 heavy (non-hydrogen) atoms. The summed E-state index contributed by atoms with van der Waals surface area (Å²) < 4.78 is 23.2. The van der Waals surface area contributed by atoms with Gasteiger partial charge in [0.2, 0.25) is 5.91 Å². The van der Waals surface area contributed by atoms with Gasteiger partial charge in [-0.15, -0.1) is 0 Å². The van der Waals surface area contributed by atoms with Gasteiger partial charge in [-0.2, -0.15) is 0 Å². The third-order valence-corrected chi connectivity index (χ3v) is 6.24. The molecule has 0 radical (unpaired) electrons. The number of amides is 1. The molecule has 0 bridgehead atoms. The average molecular weight is 316 g/mol. The highest BCUT2D eigenvalue weighted by molar-refractivity contribution is 7.91. The summed E-state index contributed by atoms with van der Waals surface area (Å²) in [7, 11) is -2.88. The van der Waals surface area contributed by atoms with Crippen LogP contribution in [0.2, 0.25) is 0 Å². The number of hydrogen-bond donors (Lipinski definition) is 1. The van der Waals surface area contributed by atoms with Gasteiger partial charge in [0.1, 0.15) is 0 Å². The van der Waals surface area contributed by atoms with Gasteiger partial charge in [-0.25, -0.2) is 8.42 Å². The average Bonchev–Trinajstić information content (AvgIpc) is 2.84. The number of sulfone groups is 1. The van der Waals surface area contributed by atoms with E-state index in [0.29, 0.717) is 18.9 Å². The number of nitrogens with zero attached hydrogens (tertiary/aromatic N) is 1. The Labute approximate surface area is 128 Å². The zero-order valence-corrected chi connectivity index (χ0v) is 14.2. The van der Waals surface area contributed by atoms with Crippen molar-refractivity contribution in [3.05, 3.63) is 0 Å². The highest BCUT2D eigenvalue weighted by atomic mass is 32.2. The van der Waals surface area contributed by atoms with E-state index in [1.807, 2.05) is 4.90 Å². The van der Waals surface area contributed by atoms with Gasteiger partial charge in [0.25, 0.3) is 0 Å². The fourth-order valence-corrected chi connectivity index (χ4v) is 5.26. The van der Waals surface area contributed by atoms with E-state index in [2.05, 4.69) is 26.1 Å². The molecule has 1 amide bonds. The third-order valence-electron chi connectivity index (χ3n) is 4.40. The Bertz CT molecular complexity index is 475. The molecule has 2 heterocycles. The molecule has 1 N–H and O–H groups in total. The second-order valence-electron chi connectivity index (χ2n) is 6.91. The second-order valence-corrected chi connectivity index (χ2v) is 9.14. The molecule has 3 atom stereocenters. The first-order chi connectivity index (χ1) is 9.82. The third kappa shape index (κ3) is 4.19. The summed E-state index contributed by atoms with van der Waals surface area (Å²) in [5.74, 6) is 1.26. The van der Waals surface area contributed by atoms with E-state index < -0.39 is 9.84 Å². The zero-order valence-electron chi connectivity index (χ0n) is 13.3. The molecule has 2 fully saturated rings. The minimum atomic E-state index is -2.88. The minimum absolute atomic E-state index is 0.0783. The molecule has 0 aromatic carbocycles. The van der Waals surface area contributed by atoms with Gasteiger partial charge in [-0.1, -0.05) is 27.2 Å². The van der Waals surface area contributed by atoms with E-state index in [-0.39, 0.29) is 35.5 Å². The minimum Gasteiger partial charge on any atom is -0.325 e. The molecule has 2 saturated heterocycles. The van der Waals surface area contributed by atoms with Gasteiger partial charge < -0.3 is 4.90 Å². The van der Waals surface area contributed by atoms with Gasteiger partial charge in [-0.3, -0.25) is 10.1 Å². The molecule has 2 aliphatic heterocycles. The van der Waals surface area contributed by atoms with E-state index in [0.717, 1.165) is 19.3 Å². The van der Waals surface area contributed by atoms with Crippen LogP contribution in [0, 0.1) is 11.8 Å². The predicted molar refractivity (Wildman–Crippen MR) is 83.5 cm³/mol. The Balaban J connectivity index is 2.02. The summed E-state index contributed by atoms with van der Waals surface area (Å²) in [6.45, 7) is 6.94. The van der Waals surface area contributed by atoms with Crippen LogP contribution in [-0.2, 0) is 14.6 Å². The molecule has 0 aromatic heterocycles. The lowest BCUT2D eigenvalue weighted by Crippen LogP contribution is -2.40. The Morgan fingerprint density at radius 1 is 1.38 bits per heavy atom. The largest absolute Gasteiger partial charge is 0.325 e. The van der Waals surface area contributed by atoms with Crippen LogP contribution in [0.3, 0.4) is 0 Å². The molecule has 2 rings (SSSR count). The molecule has 0 aromatic rings. The van der Waals surface area contributed by atoms with Crippen molar-refractivity contribution in [3.8, 4) is 0 Å². The molecule has 6 heteroatoms. The highest BCUT2D eigenvalue weighted by Crippen LogP contribution is 2.25. The first kappa shape index (κ1) is 16.7. The first-order valence-electron chi connectivity index (χ1n) is 8.09. The quantitative estimate of drug-likeness (QED) is 0.804. The maximum atomic E-state index is 12.6. The topological polar surface area (TPSA) is 66.5 Å². The van der Waals surface area contributed by atoms with Crippen LogP contribution in [0.5, 0.6) is 0 Å². The van der Waals surface area contributed by atoms with Crippen LogP contribution < -0.4 is 5.32 Å². The van der Waals surface area contributed by atoms with Crippen molar-refractivity contribution in [2.75, 3.05) is 18.1 Å². The van der Waals surface area contributed by atoms with E-state index in [1.165, 1.54) is 0 Å². The van der Waals surface area contributed by atoms with E-state index >= 15 is 0 Å². The lowest BCUT2D eigenvalue weighted by molar-refractivity contribution is -0.130. The van der Waals surface area contributed by atoms with Crippen LogP contribution >= 0.6 is 0 Å². The van der Waals surface area contributed by atoms with Crippen molar-refractivity contribution in [2.45, 2.75) is 58.7 Å². The number of carbonyl (C=O) groups is 1. The van der Waals surface area contributed by atoms with Crippen LogP contribution in [0.4, 0.5) is 0 Å². The smallest absolute Gasteiger partial charge is 0.241 e. The Kier molecular flexibility index (Phi) is 5.30. The van der Waals surface area contributed by atoms with Gasteiger partial charge in [0.05, 0.1) is 23.7 Å². The Morgan fingerprint density at radius 2 is 2.10 bits per heavy atom. The fourth-order valence-electron chi connectivity index (χ4n) is 3.41. The number of rotatable bonds is 6. The molecular formula is C15H28N2O3S. The van der Waals surface area contributed by atoms with Crippen LogP contribution in [0.15, 0.2) is 0 Å². The summed E-state index contributed by atoms with van der Waals surface area (Å²) in [4.78, 5) is 14.5. The van der Waals surface area contributed by atoms with Gasteiger partial charge in [0.15, 0.2) is 9.84 Å². The molecule has 122 valence electrons. The zero-order chi connectivity index (χ0) is 15.6. The second kappa shape index (κ2) is 6.65. The number of nitrogens with one attached hydrogen (secondary N) is 1. The monoisotopic (exact) mass is 316 g/mol. The standard InChI is InChI=1S/C15H28N2O3S/c1-4-5-14-16-13(8-11(2)3)15(18)17(14)9-12-6-7-21(19,20)10-12/h11-14,16H,4-10H2,1-3H3. The van der Waals surface area contributed by atoms with E-state index in [1.54, 1.807) is 0 Å². The first-order valence-corrected chi connectivity index (χ1v) is 9.91. The van der Waals surface area contributed by atoms with Gasteiger partial charge in [-0.05, 0) is 31.1 Å².